The molecule has 0 unspecified atom stereocenters. The molecule has 0 fully saturated rings. The molecule has 0 saturated carbocycles. The molecule has 0 aliphatic rings. The average molecular weight is 469 g/mol. The average Bonchev–Trinajstić information content (AvgIpc) is 3.44. The van der Waals surface area contributed by atoms with Crippen molar-refractivity contribution in [2.45, 2.75) is 31.2 Å². The minimum absolute atomic E-state index is 0.0748. The van der Waals surface area contributed by atoms with Gasteiger partial charge in [0, 0.05) is 25.4 Å². The molecule has 0 aliphatic carbocycles. The van der Waals surface area contributed by atoms with Crippen molar-refractivity contribution in [3.8, 4) is 0 Å². The second-order valence-electron chi connectivity index (χ2n) is 7.51. The fourth-order valence-electron chi connectivity index (χ4n) is 3.35. The summed E-state index contributed by atoms with van der Waals surface area (Å²) in [7, 11) is -3.43. The number of thiazole rings is 1. The van der Waals surface area contributed by atoms with Gasteiger partial charge in [-0.1, -0.05) is 41.2 Å². The quantitative estimate of drug-likeness (QED) is 0.369. The molecule has 2 aromatic carbocycles. The maximum atomic E-state index is 13.1. The third kappa shape index (κ3) is 5.23. The van der Waals surface area contributed by atoms with Crippen molar-refractivity contribution in [3.63, 3.8) is 0 Å². The standard InChI is InChI=1S/C23H24N4O3S2/c1-18-9-11-19(12-10-18)32(29,30)17-4-8-22(28)27(16-15-26-14-5-13-24-26)23-25-20-6-2-3-7-21(20)31-23/h2-3,5-7,9-14H,4,8,15-17H2,1H3. The van der Waals surface area contributed by atoms with E-state index >= 15 is 0 Å². The summed E-state index contributed by atoms with van der Waals surface area (Å²) in [5.41, 5.74) is 1.84. The Bertz CT molecular complexity index is 1260. The third-order valence-electron chi connectivity index (χ3n) is 5.11. The molecular weight excluding hydrogens is 444 g/mol. The highest BCUT2D eigenvalue weighted by molar-refractivity contribution is 7.91. The molecule has 4 aromatic rings. The smallest absolute Gasteiger partial charge is 0.228 e. The van der Waals surface area contributed by atoms with Gasteiger partial charge in [-0.05, 0) is 43.7 Å². The van der Waals surface area contributed by atoms with Crippen molar-refractivity contribution < 1.29 is 13.2 Å². The van der Waals surface area contributed by atoms with Gasteiger partial charge in [-0.25, -0.2) is 13.4 Å². The number of amides is 1. The van der Waals surface area contributed by atoms with Crippen LogP contribution in [0, 0.1) is 6.92 Å². The van der Waals surface area contributed by atoms with Gasteiger partial charge in [-0.15, -0.1) is 0 Å². The van der Waals surface area contributed by atoms with E-state index in [0.717, 1.165) is 15.8 Å². The number of aromatic nitrogens is 3. The fourth-order valence-corrected chi connectivity index (χ4v) is 5.67. The molecule has 0 bridgehead atoms. The highest BCUT2D eigenvalue weighted by Crippen LogP contribution is 2.29. The molecule has 1 amide bonds. The summed E-state index contributed by atoms with van der Waals surface area (Å²) in [6.45, 7) is 2.84. The zero-order valence-electron chi connectivity index (χ0n) is 17.7. The van der Waals surface area contributed by atoms with Crippen LogP contribution in [-0.4, -0.2) is 41.4 Å². The minimum Gasteiger partial charge on any atom is -0.286 e. The molecule has 7 nitrogen and oxygen atoms in total. The van der Waals surface area contributed by atoms with Gasteiger partial charge in [0.25, 0.3) is 0 Å². The second-order valence-corrected chi connectivity index (χ2v) is 10.6. The molecule has 9 heteroatoms. The maximum absolute atomic E-state index is 13.1. The molecule has 0 spiro atoms. The molecule has 166 valence electrons. The molecule has 2 aromatic heterocycles. The molecule has 0 N–H and O–H groups in total. The van der Waals surface area contributed by atoms with Gasteiger partial charge in [0.15, 0.2) is 15.0 Å². The summed E-state index contributed by atoms with van der Waals surface area (Å²) < 4.78 is 28.0. The van der Waals surface area contributed by atoms with Crippen LogP contribution in [0.15, 0.2) is 71.9 Å². The van der Waals surface area contributed by atoms with E-state index in [9.17, 15) is 13.2 Å². The Morgan fingerprint density at radius 1 is 1.09 bits per heavy atom. The Morgan fingerprint density at radius 2 is 1.88 bits per heavy atom. The third-order valence-corrected chi connectivity index (χ3v) is 7.99. The molecule has 2 heterocycles. The molecular formula is C23H24N4O3S2. The summed E-state index contributed by atoms with van der Waals surface area (Å²) in [6.07, 6.45) is 3.91. The van der Waals surface area contributed by atoms with Crippen LogP contribution in [0.1, 0.15) is 18.4 Å². The van der Waals surface area contributed by atoms with Crippen LogP contribution in [0.4, 0.5) is 5.13 Å². The Balaban J connectivity index is 1.46. The van der Waals surface area contributed by atoms with Gasteiger partial charge in [0.05, 0.1) is 27.4 Å². The first-order chi connectivity index (χ1) is 15.4. The van der Waals surface area contributed by atoms with E-state index in [1.54, 1.807) is 40.0 Å². The molecule has 4 rings (SSSR count). The Hall–Kier alpha value is -3.04. The van der Waals surface area contributed by atoms with Crippen molar-refractivity contribution in [1.82, 2.24) is 14.8 Å². The lowest BCUT2D eigenvalue weighted by Gasteiger charge is -2.20. The maximum Gasteiger partial charge on any atom is 0.228 e. The van der Waals surface area contributed by atoms with E-state index in [1.165, 1.54) is 11.3 Å². The van der Waals surface area contributed by atoms with E-state index in [4.69, 9.17) is 0 Å². The Morgan fingerprint density at radius 3 is 2.59 bits per heavy atom. The predicted octanol–water partition coefficient (Wildman–Crippen LogP) is 4.09. The lowest BCUT2D eigenvalue weighted by atomic mass is 10.2. The van der Waals surface area contributed by atoms with Gasteiger partial charge in [0.2, 0.25) is 5.91 Å². The number of aryl methyl sites for hydroxylation is 1. The van der Waals surface area contributed by atoms with E-state index in [0.29, 0.717) is 18.2 Å². The molecule has 0 aliphatic heterocycles. The first-order valence-electron chi connectivity index (χ1n) is 10.4. The van der Waals surface area contributed by atoms with Crippen LogP contribution in [0.3, 0.4) is 0 Å². The van der Waals surface area contributed by atoms with Crippen molar-refractivity contribution in [3.05, 3.63) is 72.6 Å². The zero-order chi connectivity index (χ0) is 22.6. The number of carbonyl (C=O) groups excluding carboxylic acids is 1. The van der Waals surface area contributed by atoms with Gasteiger partial charge >= 0.3 is 0 Å². The van der Waals surface area contributed by atoms with E-state index in [2.05, 4.69) is 10.1 Å². The number of para-hydroxylation sites is 1. The number of nitrogens with zero attached hydrogens (tertiary/aromatic N) is 4. The number of hydrogen-bond acceptors (Lipinski definition) is 6. The van der Waals surface area contributed by atoms with Crippen LogP contribution in [0.5, 0.6) is 0 Å². The van der Waals surface area contributed by atoms with Gasteiger partial charge in [0.1, 0.15) is 0 Å². The summed E-state index contributed by atoms with van der Waals surface area (Å²) in [6, 6.07) is 16.4. The fraction of sp³-hybridized carbons (Fsp3) is 0.261. The lowest BCUT2D eigenvalue weighted by molar-refractivity contribution is -0.118. The SMILES string of the molecule is Cc1ccc(S(=O)(=O)CCCC(=O)N(CCn2cccn2)c2nc3ccccc3s2)cc1. The molecule has 0 atom stereocenters. The number of carbonyl (C=O) groups is 1. The highest BCUT2D eigenvalue weighted by atomic mass is 32.2. The van der Waals surface area contributed by atoms with Gasteiger partial charge in [-0.3, -0.25) is 14.4 Å². The summed E-state index contributed by atoms with van der Waals surface area (Å²) in [5.74, 6) is -0.218. The number of benzene rings is 2. The predicted molar refractivity (Wildman–Crippen MR) is 127 cm³/mol. The van der Waals surface area contributed by atoms with E-state index in [1.807, 2.05) is 43.5 Å². The second kappa shape index (κ2) is 9.62. The first-order valence-corrected chi connectivity index (χ1v) is 12.8. The van der Waals surface area contributed by atoms with Crippen molar-refractivity contribution in [2.24, 2.45) is 0 Å². The van der Waals surface area contributed by atoms with Crippen LogP contribution in [0.25, 0.3) is 10.2 Å². The zero-order valence-corrected chi connectivity index (χ0v) is 19.3. The van der Waals surface area contributed by atoms with Crippen LogP contribution < -0.4 is 4.90 Å². The van der Waals surface area contributed by atoms with E-state index < -0.39 is 9.84 Å². The summed E-state index contributed by atoms with van der Waals surface area (Å²) in [4.78, 5) is 19.7. The highest BCUT2D eigenvalue weighted by Gasteiger charge is 2.21. The first kappa shape index (κ1) is 22.2. The largest absolute Gasteiger partial charge is 0.286 e. The number of sulfone groups is 1. The number of anilines is 1. The van der Waals surface area contributed by atoms with E-state index in [-0.39, 0.29) is 29.4 Å². The normalized spacial score (nSPS) is 11.7. The van der Waals surface area contributed by atoms with Crippen molar-refractivity contribution >= 4 is 42.4 Å². The number of rotatable bonds is 9. The molecule has 32 heavy (non-hydrogen) atoms. The lowest BCUT2D eigenvalue weighted by Crippen LogP contribution is -2.34. The monoisotopic (exact) mass is 468 g/mol. The van der Waals surface area contributed by atoms with Gasteiger partial charge in [-0.2, -0.15) is 5.10 Å². The Labute approximate surface area is 191 Å². The number of hydrogen-bond donors (Lipinski definition) is 0. The van der Waals surface area contributed by atoms with Crippen LogP contribution in [-0.2, 0) is 21.2 Å². The molecule has 0 radical (unpaired) electrons. The van der Waals surface area contributed by atoms with Crippen LogP contribution >= 0.6 is 11.3 Å². The molecule has 0 saturated heterocycles. The topological polar surface area (TPSA) is 85.2 Å². The summed E-state index contributed by atoms with van der Waals surface area (Å²) in [5, 5.41) is 4.82. The summed E-state index contributed by atoms with van der Waals surface area (Å²) >= 11 is 1.45. The van der Waals surface area contributed by atoms with Crippen molar-refractivity contribution in [1.29, 1.82) is 0 Å². The van der Waals surface area contributed by atoms with Crippen LogP contribution in [0.2, 0.25) is 0 Å². The Kier molecular flexibility index (Phi) is 6.66. The van der Waals surface area contributed by atoms with Crippen molar-refractivity contribution in [2.75, 3.05) is 17.2 Å². The van der Waals surface area contributed by atoms with Gasteiger partial charge < -0.3 is 0 Å². The minimum atomic E-state index is -3.43. The number of fused-ring (bicyclic) bond motifs is 1.